The van der Waals surface area contributed by atoms with E-state index in [1.165, 1.54) is 51.4 Å². The average Bonchev–Trinajstić information content (AvgIpc) is 2.76. The second-order valence-corrected chi connectivity index (χ2v) is 9.00. The predicted octanol–water partition coefficient (Wildman–Crippen LogP) is 4.81. The van der Waals surface area contributed by atoms with Gasteiger partial charge >= 0.3 is 5.97 Å². The summed E-state index contributed by atoms with van der Waals surface area (Å²) in [5.41, 5.74) is 0.102. The van der Waals surface area contributed by atoms with Gasteiger partial charge in [-0.15, -0.1) is 0 Å². The van der Waals surface area contributed by atoms with Crippen LogP contribution in [0.1, 0.15) is 84.0 Å². The van der Waals surface area contributed by atoms with Gasteiger partial charge in [-0.2, -0.15) is 0 Å². The molecular weight excluding hydrogens is 368 g/mol. The lowest BCUT2D eigenvalue weighted by Gasteiger charge is -2.37. The number of carbonyl (C=O) groups excluding carboxylic acids is 2. The van der Waals surface area contributed by atoms with E-state index in [2.05, 4.69) is 13.5 Å². The van der Waals surface area contributed by atoms with Crippen molar-refractivity contribution in [3.05, 3.63) is 12.2 Å². The maximum atomic E-state index is 12.2. The van der Waals surface area contributed by atoms with Gasteiger partial charge < -0.3 is 14.6 Å². The average molecular weight is 409 g/mol. The third kappa shape index (κ3) is 8.21. The first kappa shape index (κ1) is 24.1. The summed E-state index contributed by atoms with van der Waals surface area (Å²) in [4.78, 5) is 23.7. The van der Waals surface area contributed by atoms with E-state index < -0.39 is 0 Å². The van der Waals surface area contributed by atoms with Gasteiger partial charge in [0.15, 0.2) is 12.6 Å². The Kier molecular flexibility index (Phi) is 10.9. The van der Waals surface area contributed by atoms with Gasteiger partial charge in [0.25, 0.3) is 0 Å². The minimum absolute atomic E-state index is 0.0386. The molecule has 0 aliphatic heterocycles. The second kappa shape index (κ2) is 13.2. The quantitative estimate of drug-likeness (QED) is 0.217. The largest absolute Gasteiger partial charge is 0.438 e. The van der Waals surface area contributed by atoms with E-state index in [9.17, 15) is 9.59 Å². The number of esters is 1. The summed E-state index contributed by atoms with van der Waals surface area (Å²) < 4.78 is 10.3. The molecule has 0 atom stereocenters. The van der Waals surface area contributed by atoms with Crippen molar-refractivity contribution in [1.29, 1.82) is 0 Å². The van der Waals surface area contributed by atoms with E-state index in [1.807, 2.05) is 0 Å². The smallest absolute Gasteiger partial charge is 0.311 e. The SMILES string of the molecule is C=C(CO)C(=O)COCOC(=O)C1CCC(C2CCC(CCCCC)CC2)CC1. The van der Waals surface area contributed by atoms with Crippen LogP contribution in [0.5, 0.6) is 0 Å². The maximum absolute atomic E-state index is 12.2. The van der Waals surface area contributed by atoms with Crippen LogP contribution in [0.3, 0.4) is 0 Å². The van der Waals surface area contributed by atoms with Gasteiger partial charge in [0, 0.05) is 5.57 Å². The van der Waals surface area contributed by atoms with Gasteiger partial charge in [0.05, 0.1) is 12.5 Å². The number of rotatable bonds is 12. The highest BCUT2D eigenvalue weighted by Gasteiger charge is 2.33. The molecule has 2 fully saturated rings. The molecule has 2 aliphatic rings. The number of hydrogen-bond acceptors (Lipinski definition) is 5. The van der Waals surface area contributed by atoms with Crippen molar-refractivity contribution in [2.45, 2.75) is 84.0 Å². The molecule has 1 N–H and O–H groups in total. The molecule has 0 aromatic carbocycles. The number of hydrogen-bond donors (Lipinski definition) is 1. The van der Waals surface area contributed by atoms with Crippen LogP contribution in [0, 0.1) is 23.7 Å². The zero-order chi connectivity index (χ0) is 21.1. The van der Waals surface area contributed by atoms with Gasteiger partial charge in [0.1, 0.15) is 6.61 Å². The summed E-state index contributed by atoms with van der Waals surface area (Å²) in [6, 6.07) is 0. The second-order valence-electron chi connectivity index (χ2n) is 9.00. The van der Waals surface area contributed by atoms with E-state index >= 15 is 0 Å². The maximum Gasteiger partial charge on any atom is 0.311 e. The topological polar surface area (TPSA) is 72.8 Å². The molecule has 0 aromatic heterocycles. The minimum atomic E-state index is -0.383. The molecule has 2 aliphatic carbocycles. The molecule has 29 heavy (non-hydrogen) atoms. The van der Waals surface area contributed by atoms with E-state index in [0.29, 0.717) is 0 Å². The molecule has 0 saturated heterocycles. The number of ketones is 1. The molecule has 0 bridgehead atoms. The van der Waals surface area contributed by atoms with Crippen LogP contribution in [0.2, 0.25) is 0 Å². The Bertz CT molecular complexity index is 513. The van der Waals surface area contributed by atoms with Crippen LogP contribution in [0.4, 0.5) is 0 Å². The van der Waals surface area contributed by atoms with Crippen LogP contribution in [0.25, 0.3) is 0 Å². The molecular formula is C24H40O5. The van der Waals surface area contributed by atoms with Crippen molar-refractivity contribution in [1.82, 2.24) is 0 Å². The fourth-order valence-corrected chi connectivity index (χ4v) is 5.00. The van der Waals surface area contributed by atoms with Crippen molar-refractivity contribution < 1.29 is 24.2 Å². The van der Waals surface area contributed by atoms with Crippen LogP contribution >= 0.6 is 0 Å². The van der Waals surface area contributed by atoms with Crippen molar-refractivity contribution >= 4 is 11.8 Å². The lowest BCUT2D eigenvalue weighted by Crippen LogP contribution is -2.29. The standard InChI is InChI=1S/C24H40O5/c1-3-4-5-6-19-7-9-20(10-8-19)21-11-13-22(14-12-21)24(27)29-17-28-16-23(26)18(2)15-25/h19-22,25H,2-17H2,1H3. The number of carbonyl (C=O) groups is 2. The van der Waals surface area contributed by atoms with E-state index in [-0.39, 0.29) is 43.3 Å². The first-order chi connectivity index (χ1) is 14.0. The minimum Gasteiger partial charge on any atom is -0.438 e. The summed E-state index contributed by atoms with van der Waals surface area (Å²) in [6.07, 6.45) is 15.1. The molecule has 0 aromatic rings. The highest BCUT2D eigenvalue weighted by molar-refractivity contribution is 5.95. The van der Waals surface area contributed by atoms with Gasteiger partial charge in [-0.25, -0.2) is 0 Å². The molecule has 0 radical (unpaired) electrons. The van der Waals surface area contributed by atoms with Crippen LogP contribution in [-0.2, 0) is 19.1 Å². The third-order valence-electron chi connectivity index (χ3n) is 6.98. The summed E-state index contributed by atoms with van der Waals surface area (Å²) >= 11 is 0. The molecule has 0 heterocycles. The van der Waals surface area contributed by atoms with Crippen molar-refractivity contribution in [3.63, 3.8) is 0 Å². The molecule has 5 heteroatoms. The lowest BCUT2D eigenvalue weighted by molar-refractivity contribution is -0.164. The normalized spacial score (nSPS) is 27.4. The van der Waals surface area contributed by atoms with E-state index in [0.717, 1.165) is 43.4 Å². The summed E-state index contributed by atoms with van der Waals surface area (Å²) in [5, 5.41) is 8.83. The van der Waals surface area contributed by atoms with Gasteiger partial charge in [-0.3, -0.25) is 9.59 Å². The summed E-state index contributed by atoms with van der Waals surface area (Å²) in [7, 11) is 0. The number of unbranched alkanes of at least 4 members (excludes halogenated alkanes) is 2. The zero-order valence-corrected chi connectivity index (χ0v) is 18.2. The molecule has 2 saturated carbocycles. The van der Waals surface area contributed by atoms with E-state index in [1.54, 1.807) is 0 Å². The van der Waals surface area contributed by atoms with Gasteiger partial charge in [-0.05, 0) is 56.3 Å². The predicted molar refractivity (Wildman–Crippen MR) is 113 cm³/mol. The van der Waals surface area contributed by atoms with Crippen molar-refractivity contribution in [2.75, 3.05) is 20.0 Å². The Hall–Kier alpha value is -1.20. The molecule has 5 nitrogen and oxygen atoms in total. The fourth-order valence-electron chi connectivity index (χ4n) is 5.00. The summed E-state index contributed by atoms with van der Waals surface area (Å²) in [5.74, 6) is 1.95. The van der Waals surface area contributed by atoms with Gasteiger partial charge in [-0.1, -0.05) is 52.0 Å². The molecule has 0 spiro atoms. The third-order valence-corrected chi connectivity index (χ3v) is 6.98. The number of Topliss-reactive ketones (excluding diaryl/α,β-unsaturated/α-hetero) is 1. The Labute approximate surface area is 176 Å². The Balaban J connectivity index is 1.58. The van der Waals surface area contributed by atoms with E-state index in [4.69, 9.17) is 14.6 Å². The van der Waals surface area contributed by atoms with Crippen molar-refractivity contribution in [3.8, 4) is 0 Å². The molecule has 0 amide bonds. The lowest BCUT2D eigenvalue weighted by atomic mass is 9.68. The van der Waals surface area contributed by atoms with Crippen LogP contribution in [0.15, 0.2) is 12.2 Å². The Morgan fingerprint density at radius 3 is 2.17 bits per heavy atom. The number of aliphatic hydroxyl groups excluding tert-OH is 1. The fraction of sp³-hybridized carbons (Fsp3) is 0.833. The first-order valence-electron chi connectivity index (χ1n) is 11.6. The molecule has 0 unspecified atom stereocenters. The van der Waals surface area contributed by atoms with Crippen molar-refractivity contribution in [2.24, 2.45) is 23.7 Å². The zero-order valence-electron chi connectivity index (χ0n) is 18.2. The molecule has 166 valence electrons. The highest BCUT2D eigenvalue weighted by Crippen LogP contribution is 2.42. The highest BCUT2D eigenvalue weighted by atomic mass is 16.7. The van der Waals surface area contributed by atoms with Crippen LogP contribution < -0.4 is 0 Å². The number of ether oxygens (including phenoxy) is 2. The monoisotopic (exact) mass is 408 g/mol. The molecule has 2 rings (SSSR count). The van der Waals surface area contributed by atoms with Crippen LogP contribution in [-0.4, -0.2) is 36.9 Å². The Morgan fingerprint density at radius 1 is 0.966 bits per heavy atom. The summed E-state index contributed by atoms with van der Waals surface area (Å²) in [6.45, 7) is 4.89. The Morgan fingerprint density at radius 2 is 1.59 bits per heavy atom. The van der Waals surface area contributed by atoms with Gasteiger partial charge in [0.2, 0.25) is 0 Å². The first-order valence-corrected chi connectivity index (χ1v) is 11.6. The number of aliphatic hydroxyl groups is 1.